The molecule has 0 unspecified atom stereocenters. The minimum absolute atomic E-state index is 0.162. The highest BCUT2D eigenvalue weighted by molar-refractivity contribution is 5.80. The molecule has 2 aromatic carbocycles. The van der Waals surface area contributed by atoms with Crippen LogP contribution in [0.1, 0.15) is 42.3 Å². The van der Waals surface area contributed by atoms with Gasteiger partial charge < -0.3 is 14.6 Å². The summed E-state index contributed by atoms with van der Waals surface area (Å²) in [5, 5.41) is 6.81. The number of fused-ring (bicyclic) bond motifs is 1. The molecule has 6 nitrogen and oxygen atoms in total. The SMILES string of the molecule is Cc1ccccc1-c1noc(CNC(=O)[C@@H](C)Oc2ccc3c(c2)CCCC3)n1. The molecule has 0 bridgehead atoms. The average Bonchev–Trinajstić information content (AvgIpc) is 3.21. The number of rotatable bonds is 6. The third-order valence-corrected chi connectivity index (χ3v) is 5.27. The van der Waals surface area contributed by atoms with E-state index in [1.807, 2.05) is 37.3 Å². The van der Waals surface area contributed by atoms with E-state index in [-0.39, 0.29) is 12.5 Å². The maximum atomic E-state index is 12.4. The number of carbonyl (C=O) groups excluding carboxylic acids is 1. The van der Waals surface area contributed by atoms with Crippen LogP contribution in [0.2, 0.25) is 0 Å². The Hall–Kier alpha value is -3.15. The Bertz CT molecular complexity index is 1010. The monoisotopic (exact) mass is 391 g/mol. The zero-order chi connectivity index (χ0) is 20.2. The number of carbonyl (C=O) groups is 1. The molecule has 150 valence electrons. The summed E-state index contributed by atoms with van der Waals surface area (Å²) in [6.45, 7) is 3.89. The molecule has 1 aliphatic rings. The minimum Gasteiger partial charge on any atom is -0.481 e. The number of nitrogens with one attached hydrogen (secondary N) is 1. The summed E-state index contributed by atoms with van der Waals surface area (Å²) in [5.41, 5.74) is 4.70. The van der Waals surface area contributed by atoms with Crippen molar-refractivity contribution in [3.63, 3.8) is 0 Å². The Balaban J connectivity index is 1.33. The molecule has 0 spiro atoms. The van der Waals surface area contributed by atoms with Crippen LogP contribution in [0.5, 0.6) is 5.75 Å². The van der Waals surface area contributed by atoms with Gasteiger partial charge in [-0.05, 0) is 68.4 Å². The Kier molecular flexibility index (Phi) is 5.60. The van der Waals surface area contributed by atoms with E-state index in [9.17, 15) is 4.79 Å². The molecule has 0 radical (unpaired) electrons. The largest absolute Gasteiger partial charge is 0.481 e. The summed E-state index contributed by atoms with van der Waals surface area (Å²) >= 11 is 0. The molecule has 1 N–H and O–H groups in total. The predicted octanol–water partition coefficient (Wildman–Crippen LogP) is 4.01. The molecule has 1 atom stereocenters. The maximum Gasteiger partial charge on any atom is 0.261 e. The Morgan fingerprint density at radius 2 is 1.97 bits per heavy atom. The van der Waals surface area contributed by atoms with Crippen LogP contribution >= 0.6 is 0 Å². The summed E-state index contributed by atoms with van der Waals surface area (Å²) in [7, 11) is 0. The third-order valence-electron chi connectivity index (χ3n) is 5.27. The lowest BCUT2D eigenvalue weighted by Crippen LogP contribution is -2.36. The van der Waals surface area contributed by atoms with Gasteiger partial charge in [0.05, 0.1) is 6.54 Å². The van der Waals surface area contributed by atoms with Gasteiger partial charge >= 0.3 is 0 Å². The second-order valence-electron chi connectivity index (χ2n) is 7.44. The lowest BCUT2D eigenvalue weighted by Gasteiger charge is -2.19. The van der Waals surface area contributed by atoms with Crippen LogP contribution in [0.3, 0.4) is 0 Å². The van der Waals surface area contributed by atoms with Crippen molar-refractivity contribution in [3.05, 3.63) is 65.0 Å². The molecular weight excluding hydrogens is 366 g/mol. The standard InChI is InChI=1S/C23H25N3O3/c1-15-7-3-6-10-20(15)22-25-21(29-26-22)14-24-23(27)16(2)28-19-12-11-17-8-4-5-9-18(17)13-19/h3,6-7,10-13,16H,4-5,8-9,14H2,1-2H3,(H,24,27)/t16-/m1/s1. The van der Waals surface area contributed by atoms with Gasteiger partial charge in [-0.2, -0.15) is 4.98 Å². The molecule has 0 saturated heterocycles. The first-order chi connectivity index (χ1) is 14.1. The zero-order valence-corrected chi connectivity index (χ0v) is 16.8. The van der Waals surface area contributed by atoms with Crippen LogP contribution < -0.4 is 10.1 Å². The third kappa shape index (κ3) is 4.47. The lowest BCUT2D eigenvalue weighted by atomic mass is 9.92. The second kappa shape index (κ2) is 8.47. The number of amides is 1. The van der Waals surface area contributed by atoms with Crippen LogP contribution in [0, 0.1) is 6.92 Å². The van der Waals surface area contributed by atoms with Crippen LogP contribution in [0.4, 0.5) is 0 Å². The topological polar surface area (TPSA) is 77.2 Å². The molecule has 3 aromatic rings. The number of aryl methyl sites for hydroxylation is 3. The van der Waals surface area contributed by atoms with E-state index in [4.69, 9.17) is 9.26 Å². The summed E-state index contributed by atoms with van der Waals surface area (Å²) in [5.74, 6) is 1.38. The molecule has 1 aromatic heterocycles. The van der Waals surface area contributed by atoms with Crippen molar-refractivity contribution < 1.29 is 14.1 Å². The van der Waals surface area contributed by atoms with Crippen molar-refractivity contribution in [2.24, 2.45) is 0 Å². The van der Waals surface area contributed by atoms with Gasteiger partial charge in [0.2, 0.25) is 11.7 Å². The van der Waals surface area contributed by atoms with Crippen molar-refractivity contribution in [1.82, 2.24) is 15.5 Å². The molecule has 29 heavy (non-hydrogen) atoms. The Morgan fingerprint density at radius 1 is 1.17 bits per heavy atom. The van der Waals surface area contributed by atoms with Crippen LogP contribution in [-0.2, 0) is 24.2 Å². The van der Waals surface area contributed by atoms with Gasteiger partial charge in [-0.15, -0.1) is 0 Å². The van der Waals surface area contributed by atoms with E-state index in [2.05, 4.69) is 27.6 Å². The normalized spacial score (nSPS) is 14.1. The first-order valence-electron chi connectivity index (χ1n) is 10.0. The smallest absolute Gasteiger partial charge is 0.261 e. The van der Waals surface area contributed by atoms with Crippen molar-refractivity contribution >= 4 is 5.91 Å². The average molecular weight is 391 g/mol. The number of benzene rings is 2. The van der Waals surface area contributed by atoms with Gasteiger partial charge in [0.15, 0.2) is 6.10 Å². The quantitative estimate of drug-likeness (QED) is 0.687. The van der Waals surface area contributed by atoms with Crippen molar-refractivity contribution in [1.29, 1.82) is 0 Å². The van der Waals surface area contributed by atoms with Gasteiger partial charge in [0.1, 0.15) is 5.75 Å². The second-order valence-corrected chi connectivity index (χ2v) is 7.44. The molecule has 1 aliphatic carbocycles. The van der Waals surface area contributed by atoms with Crippen LogP contribution in [-0.4, -0.2) is 22.2 Å². The number of ether oxygens (including phenoxy) is 1. The Labute approximate surface area is 170 Å². The fourth-order valence-corrected chi connectivity index (χ4v) is 3.61. The summed E-state index contributed by atoms with van der Waals surface area (Å²) in [6, 6.07) is 13.9. The number of nitrogens with zero attached hydrogens (tertiary/aromatic N) is 2. The zero-order valence-electron chi connectivity index (χ0n) is 16.8. The lowest BCUT2D eigenvalue weighted by molar-refractivity contribution is -0.127. The molecule has 0 saturated carbocycles. The van der Waals surface area contributed by atoms with E-state index >= 15 is 0 Å². The van der Waals surface area contributed by atoms with Crippen LogP contribution in [0.25, 0.3) is 11.4 Å². The van der Waals surface area contributed by atoms with Crippen molar-refractivity contribution in [2.45, 2.75) is 52.2 Å². The molecule has 0 aliphatic heterocycles. The fraction of sp³-hybridized carbons (Fsp3) is 0.348. The van der Waals surface area contributed by atoms with Crippen molar-refractivity contribution in [3.8, 4) is 17.1 Å². The maximum absolute atomic E-state index is 12.4. The summed E-state index contributed by atoms with van der Waals surface area (Å²) < 4.78 is 11.1. The molecular formula is C23H25N3O3. The van der Waals surface area contributed by atoms with Gasteiger partial charge in [-0.1, -0.05) is 35.5 Å². The van der Waals surface area contributed by atoms with Crippen molar-refractivity contribution in [2.75, 3.05) is 0 Å². The first-order valence-corrected chi connectivity index (χ1v) is 10.0. The molecule has 4 rings (SSSR count). The van der Waals surface area contributed by atoms with Gasteiger partial charge in [0.25, 0.3) is 5.91 Å². The highest BCUT2D eigenvalue weighted by Gasteiger charge is 2.18. The summed E-state index contributed by atoms with van der Waals surface area (Å²) in [6.07, 6.45) is 4.04. The molecule has 1 heterocycles. The highest BCUT2D eigenvalue weighted by atomic mass is 16.5. The minimum atomic E-state index is -0.615. The molecule has 0 fully saturated rings. The molecule has 6 heteroatoms. The number of hydrogen-bond acceptors (Lipinski definition) is 5. The Morgan fingerprint density at radius 3 is 2.79 bits per heavy atom. The summed E-state index contributed by atoms with van der Waals surface area (Å²) in [4.78, 5) is 16.8. The first kappa shape index (κ1) is 19.2. The van der Waals surface area contributed by atoms with Gasteiger partial charge in [0, 0.05) is 5.56 Å². The van der Waals surface area contributed by atoms with E-state index in [1.54, 1.807) is 6.92 Å². The van der Waals surface area contributed by atoms with E-state index in [1.165, 1.54) is 24.0 Å². The van der Waals surface area contributed by atoms with Crippen LogP contribution in [0.15, 0.2) is 47.0 Å². The molecule has 1 amide bonds. The van der Waals surface area contributed by atoms with E-state index < -0.39 is 6.10 Å². The highest BCUT2D eigenvalue weighted by Crippen LogP contribution is 2.26. The van der Waals surface area contributed by atoms with Gasteiger partial charge in [-0.3, -0.25) is 4.79 Å². The predicted molar refractivity (Wildman–Crippen MR) is 109 cm³/mol. The number of hydrogen-bond donors (Lipinski definition) is 1. The fourth-order valence-electron chi connectivity index (χ4n) is 3.61. The number of aromatic nitrogens is 2. The van der Waals surface area contributed by atoms with Gasteiger partial charge in [-0.25, -0.2) is 0 Å². The van der Waals surface area contributed by atoms with E-state index in [0.717, 1.165) is 29.7 Å². The van der Waals surface area contributed by atoms with E-state index in [0.29, 0.717) is 11.7 Å².